The van der Waals surface area contributed by atoms with E-state index >= 15 is 0 Å². The minimum absolute atomic E-state index is 0. The number of halogens is 1. The van der Waals surface area contributed by atoms with Crippen LogP contribution in [0.1, 0.15) is 26.3 Å². The SMILES string of the molecule is CCNC(=NCC(C)(C)SC)NCCc1ccc(S(N)(=O)=O)cc1.I. The van der Waals surface area contributed by atoms with E-state index in [-0.39, 0.29) is 33.6 Å². The van der Waals surface area contributed by atoms with Gasteiger partial charge in [-0.3, -0.25) is 4.99 Å². The van der Waals surface area contributed by atoms with Crippen LogP contribution in [0.5, 0.6) is 0 Å². The van der Waals surface area contributed by atoms with Crippen LogP contribution in [0.25, 0.3) is 0 Å². The van der Waals surface area contributed by atoms with Gasteiger partial charge >= 0.3 is 0 Å². The Morgan fingerprint density at radius 1 is 1.24 bits per heavy atom. The molecule has 6 nitrogen and oxygen atoms in total. The first-order chi connectivity index (χ1) is 11.2. The molecule has 0 radical (unpaired) electrons. The fraction of sp³-hybridized carbons (Fsp3) is 0.562. The average Bonchev–Trinajstić information content (AvgIpc) is 2.52. The maximum Gasteiger partial charge on any atom is 0.238 e. The normalized spacial score (nSPS) is 12.4. The lowest BCUT2D eigenvalue weighted by molar-refractivity contribution is 0.598. The van der Waals surface area contributed by atoms with Gasteiger partial charge < -0.3 is 10.6 Å². The zero-order valence-electron chi connectivity index (χ0n) is 15.2. The van der Waals surface area contributed by atoms with Crippen LogP contribution in [0.15, 0.2) is 34.2 Å². The molecule has 0 aliphatic rings. The summed E-state index contributed by atoms with van der Waals surface area (Å²) in [5.41, 5.74) is 1.04. The number of sulfonamides is 1. The highest BCUT2D eigenvalue weighted by atomic mass is 127. The number of guanidine groups is 1. The predicted octanol–water partition coefficient (Wildman–Crippen LogP) is 2.19. The molecule has 0 aliphatic heterocycles. The van der Waals surface area contributed by atoms with Crippen molar-refractivity contribution < 1.29 is 8.42 Å². The molecule has 0 unspecified atom stereocenters. The molecule has 1 aromatic carbocycles. The van der Waals surface area contributed by atoms with Gasteiger partial charge in [0, 0.05) is 17.8 Å². The van der Waals surface area contributed by atoms with E-state index in [1.54, 1.807) is 23.9 Å². The summed E-state index contributed by atoms with van der Waals surface area (Å²) in [6.07, 6.45) is 2.85. The van der Waals surface area contributed by atoms with Crippen LogP contribution in [-0.4, -0.2) is 45.0 Å². The van der Waals surface area contributed by atoms with Crippen molar-refractivity contribution in [2.24, 2.45) is 10.1 Å². The van der Waals surface area contributed by atoms with E-state index in [1.807, 2.05) is 6.92 Å². The summed E-state index contributed by atoms with van der Waals surface area (Å²) in [5.74, 6) is 0.792. The molecule has 0 saturated heterocycles. The van der Waals surface area contributed by atoms with Crippen molar-refractivity contribution in [1.29, 1.82) is 0 Å². The van der Waals surface area contributed by atoms with Crippen molar-refractivity contribution in [3.63, 3.8) is 0 Å². The summed E-state index contributed by atoms with van der Waals surface area (Å²) in [6.45, 7) is 8.60. The van der Waals surface area contributed by atoms with E-state index in [0.717, 1.165) is 31.0 Å². The minimum atomic E-state index is -3.63. The van der Waals surface area contributed by atoms with Crippen molar-refractivity contribution in [1.82, 2.24) is 10.6 Å². The lowest BCUT2D eigenvalue weighted by Gasteiger charge is -2.20. The first-order valence-corrected chi connectivity index (χ1v) is 10.6. The Kier molecular flexibility index (Phi) is 11.0. The molecule has 25 heavy (non-hydrogen) atoms. The minimum Gasteiger partial charge on any atom is -0.357 e. The molecule has 9 heteroatoms. The fourth-order valence-corrected chi connectivity index (χ4v) is 2.56. The molecule has 1 aromatic rings. The molecular weight excluding hydrogens is 471 g/mol. The Labute approximate surface area is 172 Å². The van der Waals surface area contributed by atoms with Crippen LogP contribution in [0, 0.1) is 0 Å². The summed E-state index contributed by atoms with van der Waals surface area (Å²) in [6, 6.07) is 6.63. The number of hydrogen-bond donors (Lipinski definition) is 3. The van der Waals surface area contributed by atoms with Gasteiger partial charge in [0.2, 0.25) is 10.0 Å². The highest BCUT2D eigenvalue weighted by molar-refractivity contribution is 14.0. The van der Waals surface area contributed by atoms with E-state index in [4.69, 9.17) is 5.14 Å². The summed E-state index contributed by atoms with van der Waals surface area (Å²) < 4.78 is 22.6. The number of benzene rings is 1. The number of aliphatic imine (C=N–C) groups is 1. The standard InChI is InChI=1S/C16H28N4O2S2.HI/c1-5-18-15(20-12-16(2,3)23-4)19-11-10-13-6-8-14(9-7-13)24(17,21)22;/h6-9H,5,10-12H2,1-4H3,(H2,17,21,22)(H2,18,19,20);1H. The largest absolute Gasteiger partial charge is 0.357 e. The fourth-order valence-electron chi connectivity index (χ4n) is 1.85. The van der Waals surface area contributed by atoms with Gasteiger partial charge in [-0.2, -0.15) is 11.8 Å². The molecular formula is C16H29IN4O2S2. The number of nitrogens with one attached hydrogen (secondary N) is 2. The third kappa shape index (κ3) is 9.66. The van der Waals surface area contributed by atoms with Crippen LogP contribution in [0.2, 0.25) is 0 Å². The van der Waals surface area contributed by atoms with Gasteiger partial charge in [-0.05, 0) is 51.1 Å². The summed E-state index contributed by atoms with van der Waals surface area (Å²) in [4.78, 5) is 4.74. The van der Waals surface area contributed by atoms with Crippen molar-refractivity contribution in [3.8, 4) is 0 Å². The third-order valence-electron chi connectivity index (χ3n) is 3.47. The number of nitrogens with zero attached hydrogens (tertiary/aromatic N) is 1. The molecule has 144 valence electrons. The van der Waals surface area contributed by atoms with E-state index in [0.29, 0.717) is 6.54 Å². The molecule has 0 heterocycles. The quantitative estimate of drug-likeness (QED) is 0.289. The maximum atomic E-state index is 11.2. The first kappa shape index (κ1) is 24.5. The van der Waals surface area contributed by atoms with E-state index < -0.39 is 10.0 Å². The van der Waals surface area contributed by atoms with E-state index in [9.17, 15) is 8.42 Å². The van der Waals surface area contributed by atoms with Crippen LogP contribution in [0.4, 0.5) is 0 Å². The zero-order chi connectivity index (χ0) is 18.2. The Balaban J connectivity index is 0.00000576. The molecule has 0 bridgehead atoms. The van der Waals surface area contributed by atoms with Crippen molar-refractivity contribution in [3.05, 3.63) is 29.8 Å². The van der Waals surface area contributed by atoms with Crippen LogP contribution in [0.3, 0.4) is 0 Å². The molecule has 0 aliphatic carbocycles. The van der Waals surface area contributed by atoms with Crippen LogP contribution in [-0.2, 0) is 16.4 Å². The number of rotatable bonds is 8. The summed E-state index contributed by atoms with van der Waals surface area (Å²) in [7, 11) is -3.63. The van der Waals surface area contributed by atoms with E-state index in [2.05, 4.69) is 35.7 Å². The molecule has 0 spiro atoms. The maximum absolute atomic E-state index is 11.2. The highest BCUT2D eigenvalue weighted by Gasteiger charge is 2.15. The predicted molar refractivity (Wildman–Crippen MR) is 119 cm³/mol. The Morgan fingerprint density at radius 3 is 2.32 bits per heavy atom. The molecule has 0 saturated carbocycles. The number of nitrogens with two attached hydrogens (primary N) is 1. The van der Waals surface area contributed by atoms with Gasteiger partial charge in [-0.25, -0.2) is 13.6 Å². The average molecular weight is 500 g/mol. The molecule has 0 fully saturated rings. The van der Waals surface area contributed by atoms with Gasteiger partial charge in [0.25, 0.3) is 0 Å². The first-order valence-electron chi connectivity index (χ1n) is 7.87. The number of thioether (sulfide) groups is 1. The summed E-state index contributed by atoms with van der Waals surface area (Å²) in [5, 5.41) is 11.6. The van der Waals surface area contributed by atoms with Crippen LogP contribution < -0.4 is 15.8 Å². The zero-order valence-corrected chi connectivity index (χ0v) is 19.2. The van der Waals surface area contributed by atoms with Crippen molar-refractivity contribution >= 4 is 51.7 Å². The smallest absolute Gasteiger partial charge is 0.238 e. The monoisotopic (exact) mass is 500 g/mol. The lowest BCUT2D eigenvalue weighted by Crippen LogP contribution is -2.39. The van der Waals surface area contributed by atoms with Crippen molar-refractivity contribution in [2.45, 2.75) is 36.8 Å². The highest BCUT2D eigenvalue weighted by Crippen LogP contribution is 2.20. The number of hydrogen-bond acceptors (Lipinski definition) is 4. The molecule has 1 rings (SSSR count). The molecule has 4 N–H and O–H groups in total. The van der Waals surface area contributed by atoms with Gasteiger partial charge in [-0.1, -0.05) is 12.1 Å². The second-order valence-corrected chi connectivity index (χ2v) is 9.10. The topological polar surface area (TPSA) is 96.6 Å². The lowest BCUT2D eigenvalue weighted by atomic mass is 10.1. The van der Waals surface area contributed by atoms with Gasteiger partial charge in [0.1, 0.15) is 0 Å². The van der Waals surface area contributed by atoms with Gasteiger partial charge in [0.15, 0.2) is 5.96 Å². The Morgan fingerprint density at radius 2 is 1.84 bits per heavy atom. The van der Waals surface area contributed by atoms with Gasteiger partial charge in [0.05, 0.1) is 11.4 Å². The second-order valence-electron chi connectivity index (χ2n) is 6.02. The molecule has 0 atom stereocenters. The Bertz CT molecular complexity index is 647. The Hall–Kier alpha value is -0.520. The number of primary sulfonamides is 1. The summed E-state index contributed by atoms with van der Waals surface area (Å²) >= 11 is 1.79. The molecule has 0 amide bonds. The van der Waals surface area contributed by atoms with E-state index in [1.165, 1.54) is 12.1 Å². The second kappa shape index (κ2) is 11.2. The van der Waals surface area contributed by atoms with Crippen LogP contribution >= 0.6 is 35.7 Å². The molecule has 0 aromatic heterocycles. The van der Waals surface area contributed by atoms with Gasteiger partial charge in [-0.15, -0.1) is 24.0 Å². The van der Waals surface area contributed by atoms with Crippen molar-refractivity contribution in [2.75, 3.05) is 25.9 Å². The third-order valence-corrected chi connectivity index (χ3v) is 5.64.